The molecule has 0 radical (unpaired) electrons. The number of hydrogen-bond acceptors (Lipinski definition) is 4. The maximum absolute atomic E-state index is 12.9. The predicted molar refractivity (Wildman–Crippen MR) is 93.8 cm³/mol. The number of fused-ring (bicyclic) bond motifs is 1. The second kappa shape index (κ2) is 6.20. The summed E-state index contributed by atoms with van der Waals surface area (Å²) < 4.78 is 2.23. The second-order valence-corrected chi connectivity index (χ2v) is 6.77. The molecule has 1 amide bonds. The molecule has 1 aliphatic rings. The Morgan fingerprint density at radius 3 is 2.79 bits per heavy atom. The molecule has 4 heterocycles. The van der Waals surface area contributed by atoms with E-state index in [4.69, 9.17) is 0 Å². The summed E-state index contributed by atoms with van der Waals surface area (Å²) in [5.41, 5.74) is 1.75. The van der Waals surface area contributed by atoms with Crippen LogP contribution in [-0.4, -0.2) is 31.9 Å². The molecule has 122 valence electrons. The van der Waals surface area contributed by atoms with Gasteiger partial charge in [-0.2, -0.15) is 0 Å². The van der Waals surface area contributed by atoms with E-state index in [0.717, 1.165) is 17.8 Å². The molecular weight excluding hydrogens is 320 g/mol. The summed E-state index contributed by atoms with van der Waals surface area (Å²) in [5.74, 6) is 0.674. The molecule has 3 aromatic rings. The molecule has 4 rings (SSSR count). The van der Waals surface area contributed by atoms with Crippen LogP contribution >= 0.6 is 11.3 Å². The van der Waals surface area contributed by atoms with E-state index in [9.17, 15) is 4.79 Å². The summed E-state index contributed by atoms with van der Waals surface area (Å²) in [6.45, 7) is 3.66. The highest BCUT2D eigenvalue weighted by atomic mass is 32.1. The Balaban J connectivity index is 1.59. The van der Waals surface area contributed by atoms with E-state index in [-0.39, 0.29) is 11.9 Å². The Bertz CT molecular complexity index is 838. The molecular formula is C18H18N4OS. The highest BCUT2D eigenvalue weighted by molar-refractivity contribution is 7.13. The first kappa shape index (κ1) is 15.1. The zero-order valence-electron chi connectivity index (χ0n) is 13.4. The Morgan fingerprint density at radius 1 is 1.25 bits per heavy atom. The lowest BCUT2D eigenvalue weighted by Gasteiger charge is -2.36. The van der Waals surface area contributed by atoms with Gasteiger partial charge in [-0.3, -0.25) is 4.79 Å². The smallest absolute Gasteiger partial charge is 0.257 e. The van der Waals surface area contributed by atoms with E-state index >= 15 is 0 Å². The van der Waals surface area contributed by atoms with Crippen LogP contribution in [0.2, 0.25) is 0 Å². The van der Waals surface area contributed by atoms with Gasteiger partial charge in [0.15, 0.2) is 5.82 Å². The Morgan fingerprint density at radius 2 is 2.08 bits per heavy atom. The molecule has 0 unspecified atom stereocenters. The van der Waals surface area contributed by atoms with Gasteiger partial charge >= 0.3 is 0 Å². The van der Waals surface area contributed by atoms with Gasteiger partial charge in [0.1, 0.15) is 0 Å². The third-order valence-corrected chi connectivity index (χ3v) is 5.32. The summed E-state index contributed by atoms with van der Waals surface area (Å²) in [5, 5.41) is 1.99. The van der Waals surface area contributed by atoms with Gasteiger partial charge in [-0.05, 0) is 30.0 Å². The third kappa shape index (κ3) is 2.53. The maximum Gasteiger partial charge on any atom is 0.257 e. The van der Waals surface area contributed by atoms with Gasteiger partial charge in [0.2, 0.25) is 0 Å². The highest BCUT2D eigenvalue weighted by Crippen LogP contribution is 2.30. The number of aromatic nitrogens is 3. The summed E-state index contributed by atoms with van der Waals surface area (Å²) in [6.07, 6.45) is 6.26. The Kier molecular flexibility index (Phi) is 3.90. The Labute approximate surface area is 144 Å². The predicted octanol–water partition coefficient (Wildman–Crippen LogP) is 3.61. The van der Waals surface area contributed by atoms with Crippen LogP contribution in [0.15, 0.2) is 48.2 Å². The molecule has 0 fully saturated rings. The Hall–Kier alpha value is -2.47. The van der Waals surface area contributed by atoms with Crippen LogP contribution in [0.5, 0.6) is 0 Å². The van der Waals surface area contributed by atoms with Crippen LogP contribution in [0, 0.1) is 0 Å². The standard InChI is InChI=1S/C18H18N4OS/c1-2-14-15-5-3-7-21(15)8-9-22(14)18(23)13-11-19-17(20-12-13)16-6-4-10-24-16/h3-7,10-12,14H,2,8-9H2,1H3/t14-/m1/s1. The van der Waals surface area contributed by atoms with Gasteiger partial charge in [0.25, 0.3) is 5.91 Å². The van der Waals surface area contributed by atoms with Crippen LogP contribution in [-0.2, 0) is 6.54 Å². The van der Waals surface area contributed by atoms with Gasteiger partial charge in [-0.15, -0.1) is 11.3 Å². The molecule has 5 nitrogen and oxygen atoms in total. The normalized spacial score (nSPS) is 16.9. The average Bonchev–Trinajstić information content (AvgIpc) is 3.31. The SMILES string of the molecule is CC[C@@H]1c2cccn2CCN1C(=O)c1cnc(-c2cccs2)nc1. The topological polar surface area (TPSA) is 51.0 Å². The lowest BCUT2D eigenvalue weighted by molar-refractivity contribution is 0.0617. The molecule has 3 aromatic heterocycles. The first-order valence-electron chi connectivity index (χ1n) is 8.10. The monoisotopic (exact) mass is 338 g/mol. The van der Waals surface area contributed by atoms with Crippen molar-refractivity contribution in [2.45, 2.75) is 25.9 Å². The van der Waals surface area contributed by atoms with Crippen molar-refractivity contribution in [2.75, 3.05) is 6.54 Å². The summed E-state index contributed by atoms with van der Waals surface area (Å²) >= 11 is 1.59. The molecule has 0 bridgehead atoms. The van der Waals surface area contributed by atoms with Gasteiger partial charge in [-0.1, -0.05) is 13.0 Å². The maximum atomic E-state index is 12.9. The molecule has 24 heavy (non-hydrogen) atoms. The first-order valence-corrected chi connectivity index (χ1v) is 8.98. The van der Waals surface area contributed by atoms with Crippen molar-refractivity contribution in [3.8, 4) is 10.7 Å². The number of carbonyl (C=O) groups is 1. The van der Waals surface area contributed by atoms with Crippen LogP contribution < -0.4 is 0 Å². The van der Waals surface area contributed by atoms with Gasteiger partial charge in [0.05, 0.1) is 16.5 Å². The van der Waals surface area contributed by atoms with E-state index in [0.29, 0.717) is 17.9 Å². The van der Waals surface area contributed by atoms with E-state index in [1.165, 1.54) is 5.69 Å². The first-order chi connectivity index (χ1) is 11.8. The number of rotatable bonds is 3. The minimum absolute atomic E-state index is 0.00651. The van der Waals surface area contributed by atoms with Crippen LogP contribution in [0.4, 0.5) is 0 Å². The third-order valence-electron chi connectivity index (χ3n) is 4.45. The quantitative estimate of drug-likeness (QED) is 0.733. The van der Waals surface area contributed by atoms with Gasteiger partial charge in [0, 0.05) is 37.4 Å². The molecule has 1 aliphatic heterocycles. The number of nitrogens with zero attached hydrogens (tertiary/aromatic N) is 4. The van der Waals surface area contributed by atoms with Crippen molar-refractivity contribution in [1.29, 1.82) is 0 Å². The van der Waals surface area contributed by atoms with Crippen LogP contribution in [0.3, 0.4) is 0 Å². The molecule has 1 atom stereocenters. The lowest BCUT2D eigenvalue weighted by Crippen LogP contribution is -2.41. The molecule has 0 saturated carbocycles. The van der Waals surface area contributed by atoms with Crippen molar-refractivity contribution in [2.24, 2.45) is 0 Å². The number of amides is 1. The fourth-order valence-electron chi connectivity index (χ4n) is 3.27. The summed E-state index contributed by atoms with van der Waals surface area (Å²) in [4.78, 5) is 24.6. The fourth-order valence-corrected chi connectivity index (χ4v) is 3.95. The van der Waals surface area contributed by atoms with Gasteiger partial charge in [-0.25, -0.2) is 9.97 Å². The van der Waals surface area contributed by atoms with Crippen molar-refractivity contribution in [3.05, 3.63) is 59.5 Å². The highest BCUT2D eigenvalue weighted by Gasteiger charge is 2.30. The van der Waals surface area contributed by atoms with Crippen molar-refractivity contribution < 1.29 is 4.79 Å². The minimum atomic E-state index is 0.00651. The largest absolute Gasteiger partial charge is 0.348 e. The number of carbonyl (C=O) groups excluding carboxylic acids is 1. The zero-order valence-corrected chi connectivity index (χ0v) is 14.2. The second-order valence-electron chi connectivity index (χ2n) is 5.82. The molecule has 0 spiro atoms. The molecule has 0 saturated heterocycles. The molecule has 0 N–H and O–H groups in total. The summed E-state index contributed by atoms with van der Waals surface area (Å²) in [6, 6.07) is 8.21. The minimum Gasteiger partial charge on any atom is -0.348 e. The van der Waals surface area contributed by atoms with Crippen molar-refractivity contribution in [3.63, 3.8) is 0 Å². The zero-order chi connectivity index (χ0) is 16.5. The van der Waals surface area contributed by atoms with Crippen LogP contribution in [0.25, 0.3) is 10.7 Å². The van der Waals surface area contributed by atoms with E-state index in [2.05, 4.69) is 33.7 Å². The lowest BCUT2D eigenvalue weighted by atomic mass is 10.1. The summed E-state index contributed by atoms with van der Waals surface area (Å²) in [7, 11) is 0. The van der Waals surface area contributed by atoms with Crippen molar-refractivity contribution >= 4 is 17.2 Å². The fraction of sp³-hybridized carbons (Fsp3) is 0.278. The molecule has 0 aromatic carbocycles. The van der Waals surface area contributed by atoms with E-state index < -0.39 is 0 Å². The number of thiophene rings is 1. The van der Waals surface area contributed by atoms with Gasteiger partial charge < -0.3 is 9.47 Å². The van der Waals surface area contributed by atoms with E-state index in [1.807, 2.05) is 28.5 Å². The van der Waals surface area contributed by atoms with Crippen LogP contribution in [0.1, 0.15) is 35.4 Å². The average molecular weight is 338 g/mol. The number of hydrogen-bond donors (Lipinski definition) is 0. The van der Waals surface area contributed by atoms with E-state index in [1.54, 1.807) is 23.7 Å². The molecule has 6 heteroatoms. The molecule has 0 aliphatic carbocycles. The van der Waals surface area contributed by atoms with Crippen molar-refractivity contribution in [1.82, 2.24) is 19.4 Å².